The van der Waals surface area contributed by atoms with Crippen LogP contribution < -0.4 is 0 Å². The Balaban J connectivity index is 3.24. The lowest BCUT2D eigenvalue weighted by molar-refractivity contribution is -0.117. The number of carbonyl (C=O) groups excluding carboxylic acids is 1. The minimum absolute atomic E-state index is 0.275. The Bertz CT molecular complexity index is 80.6. The Morgan fingerprint density at radius 1 is 1.75 bits per heavy atom. The minimum Gasteiger partial charge on any atom is -0.300 e. The Morgan fingerprint density at radius 3 is 2.38 bits per heavy atom. The Kier molecular flexibility index (Phi) is 4.15. The fraction of sp³-hybridized carbons (Fsp3) is 0.833. The zero-order chi connectivity index (χ0) is 6.57. The van der Waals surface area contributed by atoms with Gasteiger partial charge in [-0.3, -0.25) is 0 Å². The zero-order valence-corrected chi connectivity index (χ0v) is 6.86. The molecule has 0 fully saturated rings. The molecule has 48 valence electrons. The molecule has 0 saturated carbocycles. The monoisotopic (exact) mass is 178 g/mol. The minimum atomic E-state index is 0.275. The number of hydrogen-bond acceptors (Lipinski definition) is 1. The van der Waals surface area contributed by atoms with Crippen molar-refractivity contribution in [3.05, 3.63) is 0 Å². The van der Waals surface area contributed by atoms with Gasteiger partial charge in [0, 0.05) is 11.8 Å². The highest BCUT2D eigenvalue weighted by molar-refractivity contribution is 9.09. The molecule has 0 amide bonds. The summed E-state index contributed by atoms with van der Waals surface area (Å²) in [5, 5.41) is 0.923. The number of Topliss-reactive ketones (excluding diaryl/α,β-unsaturated/α-hetero) is 1. The maximum atomic E-state index is 10.4. The molecule has 0 radical (unpaired) electrons. The molecular weight excluding hydrogens is 168 g/mol. The first-order valence-corrected chi connectivity index (χ1v) is 3.84. The lowest BCUT2D eigenvalue weighted by Crippen LogP contribution is -2.01. The quantitative estimate of drug-likeness (QED) is 0.605. The summed E-state index contributed by atoms with van der Waals surface area (Å²) in [6.07, 6.45) is 0.700. The Hall–Kier alpha value is 0.150. The van der Waals surface area contributed by atoms with Crippen LogP contribution in [0.25, 0.3) is 0 Å². The average Bonchev–Trinajstić information content (AvgIpc) is 1.65. The van der Waals surface area contributed by atoms with E-state index >= 15 is 0 Å². The fourth-order valence-electron chi connectivity index (χ4n) is 0.545. The van der Waals surface area contributed by atoms with Crippen LogP contribution >= 0.6 is 15.9 Å². The van der Waals surface area contributed by atoms with Crippen molar-refractivity contribution in [1.82, 2.24) is 0 Å². The number of halogens is 1. The number of alkyl halides is 1. The smallest absolute Gasteiger partial charge is 0.130 e. The Labute approximate surface area is 58.6 Å². The van der Waals surface area contributed by atoms with Crippen molar-refractivity contribution in [1.29, 1.82) is 0 Å². The summed E-state index contributed by atoms with van der Waals surface area (Å²) in [5.74, 6) is 0.768. The molecule has 0 aromatic rings. The Morgan fingerprint density at radius 2 is 2.25 bits per heavy atom. The molecule has 0 aliphatic carbocycles. The molecule has 0 aliphatic heterocycles. The van der Waals surface area contributed by atoms with Gasteiger partial charge in [-0.05, 0) is 12.8 Å². The van der Waals surface area contributed by atoms with Crippen LogP contribution in [-0.4, -0.2) is 11.1 Å². The van der Waals surface area contributed by atoms with Crippen molar-refractivity contribution in [2.24, 2.45) is 5.92 Å². The van der Waals surface area contributed by atoms with Crippen LogP contribution in [0.5, 0.6) is 0 Å². The molecule has 8 heavy (non-hydrogen) atoms. The normalized spacial score (nSPS) is 13.4. The summed E-state index contributed by atoms with van der Waals surface area (Å²) in [7, 11) is 0. The van der Waals surface area contributed by atoms with Crippen LogP contribution in [-0.2, 0) is 4.79 Å². The highest BCUT2D eigenvalue weighted by Gasteiger charge is 2.01. The fourth-order valence-corrected chi connectivity index (χ4v) is 0.774. The third kappa shape index (κ3) is 4.31. The van der Waals surface area contributed by atoms with E-state index in [-0.39, 0.29) is 5.78 Å². The van der Waals surface area contributed by atoms with Crippen LogP contribution in [0.2, 0.25) is 0 Å². The maximum Gasteiger partial charge on any atom is 0.130 e. The van der Waals surface area contributed by atoms with Gasteiger partial charge in [0.15, 0.2) is 0 Å². The molecular formula is C6H11BrO. The van der Waals surface area contributed by atoms with E-state index in [0.717, 1.165) is 5.33 Å². The van der Waals surface area contributed by atoms with Gasteiger partial charge in [-0.15, -0.1) is 0 Å². The van der Waals surface area contributed by atoms with Crippen LogP contribution in [0.1, 0.15) is 20.3 Å². The molecule has 0 N–H and O–H groups in total. The first-order valence-electron chi connectivity index (χ1n) is 2.72. The van der Waals surface area contributed by atoms with Crippen molar-refractivity contribution >= 4 is 21.7 Å². The standard InChI is InChI=1S/C6H11BrO/c1-5(4-7)3-6(2)8/h5H,3-4H2,1-2H3. The first-order chi connectivity index (χ1) is 3.66. The molecule has 0 aromatic heterocycles. The van der Waals surface area contributed by atoms with E-state index in [0.29, 0.717) is 12.3 Å². The second-order valence-corrected chi connectivity index (χ2v) is 2.81. The molecule has 0 aliphatic rings. The van der Waals surface area contributed by atoms with E-state index in [2.05, 4.69) is 22.9 Å². The lowest BCUT2D eigenvalue weighted by Gasteiger charge is -2.00. The van der Waals surface area contributed by atoms with E-state index in [9.17, 15) is 4.79 Å². The number of ketones is 1. The summed E-state index contributed by atoms with van der Waals surface area (Å²) >= 11 is 3.29. The molecule has 2 heteroatoms. The summed E-state index contributed by atoms with van der Waals surface area (Å²) in [5.41, 5.74) is 0. The van der Waals surface area contributed by atoms with Crippen molar-refractivity contribution < 1.29 is 4.79 Å². The SMILES string of the molecule is CC(=O)CC(C)CBr. The van der Waals surface area contributed by atoms with Gasteiger partial charge in [-0.2, -0.15) is 0 Å². The van der Waals surface area contributed by atoms with E-state index < -0.39 is 0 Å². The van der Waals surface area contributed by atoms with Gasteiger partial charge >= 0.3 is 0 Å². The van der Waals surface area contributed by atoms with Crippen molar-refractivity contribution in [2.45, 2.75) is 20.3 Å². The predicted octanol–water partition coefficient (Wildman–Crippen LogP) is 2.00. The van der Waals surface area contributed by atoms with Crippen LogP contribution in [0.4, 0.5) is 0 Å². The van der Waals surface area contributed by atoms with Gasteiger partial charge in [0.05, 0.1) is 0 Å². The largest absolute Gasteiger partial charge is 0.300 e. The van der Waals surface area contributed by atoms with Gasteiger partial charge in [0.2, 0.25) is 0 Å². The summed E-state index contributed by atoms with van der Waals surface area (Å²) in [6, 6.07) is 0. The molecule has 1 unspecified atom stereocenters. The number of rotatable bonds is 3. The van der Waals surface area contributed by atoms with E-state index in [1.165, 1.54) is 0 Å². The van der Waals surface area contributed by atoms with Gasteiger partial charge in [-0.1, -0.05) is 22.9 Å². The molecule has 0 rings (SSSR count). The topological polar surface area (TPSA) is 17.1 Å². The van der Waals surface area contributed by atoms with Crippen molar-refractivity contribution in [3.63, 3.8) is 0 Å². The second-order valence-electron chi connectivity index (χ2n) is 2.17. The predicted molar refractivity (Wildman–Crippen MR) is 38.3 cm³/mol. The molecule has 0 bridgehead atoms. The third-order valence-corrected chi connectivity index (χ3v) is 2.00. The summed E-state index contributed by atoms with van der Waals surface area (Å²) < 4.78 is 0. The van der Waals surface area contributed by atoms with Gasteiger partial charge < -0.3 is 4.79 Å². The third-order valence-electron chi connectivity index (χ3n) is 0.899. The highest BCUT2D eigenvalue weighted by atomic mass is 79.9. The van der Waals surface area contributed by atoms with Crippen LogP contribution in [0.15, 0.2) is 0 Å². The maximum absolute atomic E-state index is 10.4. The summed E-state index contributed by atoms with van der Waals surface area (Å²) in [4.78, 5) is 10.4. The van der Waals surface area contributed by atoms with Crippen molar-refractivity contribution in [3.8, 4) is 0 Å². The highest BCUT2D eigenvalue weighted by Crippen LogP contribution is 2.04. The van der Waals surface area contributed by atoms with Crippen molar-refractivity contribution in [2.75, 3.05) is 5.33 Å². The first kappa shape index (κ1) is 8.15. The van der Waals surface area contributed by atoms with Crippen LogP contribution in [0, 0.1) is 5.92 Å². The molecule has 1 atom stereocenters. The van der Waals surface area contributed by atoms with Gasteiger partial charge in [0.1, 0.15) is 5.78 Å². The molecule has 0 aromatic carbocycles. The number of carbonyl (C=O) groups is 1. The molecule has 1 nitrogen and oxygen atoms in total. The zero-order valence-electron chi connectivity index (χ0n) is 5.28. The molecule has 0 saturated heterocycles. The van der Waals surface area contributed by atoms with E-state index in [4.69, 9.17) is 0 Å². The van der Waals surface area contributed by atoms with E-state index in [1.54, 1.807) is 6.92 Å². The van der Waals surface area contributed by atoms with Gasteiger partial charge in [-0.25, -0.2) is 0 Å². The summed E-state index contributed by atoms with van der Waals surface area (Å²) in [6.45, 7) is 3.68. The number of hydrogen-bond donors (Lipinski definition) is 0. The van der Waals surface area contributed by atoms with E-state index in [1.807, 2.05) is 0 Å². The average molecular weight is 179 g/mol. The lowest BCUT2D eigenvalue weighted by atomic mass is 10.1. The molecule has 0 heterocycles. The van der Waals surface area contributed by atoms with Crippen LogP contribution in [0.3, 0.4) is 0 Å². The second kappa shape index (κ2) is 4.07. The molecule has 0 spiro atoms. The van der Waals surface area contributed by atoms with Gasteiger partial charge in [0.25, 0.3) is 0 Å².